The normalized spacial score (nSPS) is 12.0. The first-order valence-corrected chi connectivity index (χ1v) is 8.43. The third-order valence-electron chi connectivity index (χ3n) is 3.63. The highest BCUT2D eigenvalue weighted by Gasteiger charge is 2.13. The summed E-state index contributed by atoms with van der Waals surface area (Å²) in [5, 5.41) is 0. The summed E-state index contributed by atoms with van der Waals surface area (Å²) in [6.07, 6.45) is 6.39. The van der Waals surface area contributed by atoms with E-state index < -0.39 is 0 Å². The number of thioether (sulfide) groups is 1. The lowest BCUT2D eigenvalue weighted by atomic mass is 10.0. The van der Waals surface area contributed by atoms with Crippen LogP contribution < -0.4 is 4.74 Å². The number of unbranched alkanes of at least 4 members (excludes halogenated alkanes) is 1. The van der Waals surface area contributed by atoms with Crippen molar-refractivity contribution in [1.82, 2.24) is 0 Å². The molecule has 0 saturated heterocycles. The lowest BCUT2D eigenvalue weighted by Gasteiger charge is -2.15. The van der Waals surface area contributed by atoms with Crippen molar-refractivity contribution < 1.29 is 14.3 Å². The SMILES string of the molecule is CCCCC(CC)CSc1cc(C=O)c(OC)cc1C=O. The molecule has 0 aromatic heterocycles. The Labute approximate surface area is 131 Å². The average molecular weight is 308 g/mol. The quantitative estimate of drug-likeness (QED) is 0.467. The van der Waals surface area contributed by atoms with Crippen LogP contribution in [0, 0.1) is 5.92 Å². The van der Waals surface area contributed by atoms with Crippen LogP contribution in [-0.4, -0.2) is 25.4 Å². The zero-order valence-corrected chi connectivity index (χ0v) is 13.9. The first-order valence-electron chi connectivity index (χ1n) is 7.45. The molecule has 1 rings (SSSR count). The molecule has 0 saturated carbocycles. The van der Waals surface area contributed by atoms with Crippen LogP contribution in [0.4, 0.5) is 0 Å². The van der Waals surface area contributed by atoms with Gasteiger partial charge in [0.25, 0.3) is 0 Å². The fourth-order valence-electron chi connectivity index (χ4n) is 2.18. The molecule has 0 aliphatic rings. The minimum Gasteiger partial charge on any atom is -0.496 e. The molecule has 3 nitrogen and oxygen atoms in total. The molecule has 4 heteroatoms. The summed E-state index contributed by atoms with van der Waals surface area (Å²) in [5.74, 6) is 2.08. The van der Waals surface area contributed by atoms with Gasteiger partial charge < -0.3 is 4.74 Å². The lowest BCUT2D eigenvalue weighted by Crippen LogP contribution is -2.03. The topological polar surface area (TPSA) is 43.4 Å². The number of benzene rings is 1. The summed E-state index contributed by atoms with van der Waals surface area (Å²) in [5.41, 5.74) is 1.08. The second-order valence-corrected chi connectivity index (χ2v) is 6.16. The molecule has 1 aromatic rings. The van der Waals surface area contributed by atoms with Crippen molar-refractivity contribution in [2.45, 2.75) is 44.4 Å². The van der Waals surface area contributed by atoms with Gasteiger partial charge in [0.1, 0.15) is 5.75 Å². The summed E-state index contributed by atoms with van der Waals surface area (Å²) >= 11 is 1.66. The van der Waals surface area contributed by atoms with Crippen molar-refractivity contribution in [3.8, 4) is 5.75 Å². The number of hydrogen-bond acceptors (Lipinski definition) is 4. The van der Waals surface area contributed by atoms with Gasteiger partial charge in [0.2, 0.25) is 0 Å². The number of aldehydes is 2. The summed E-state index contributed by atoms with van der Waals surface area (Å²) in [4.78, 5) is 23.2. The van der Waals surface area contributed by atoms with E-state index in [0.29, 0.717) is 22.8 Å². The minimum absolute atomic E-state index is 0.453. The van der Waals surface area contributed by atoms with E-state index >= 15 is 0 Å². The number of methoxy groups -OCH3 is 1. The lowest BCUT2D eigenvalue weighted by molar-refractivity contribution is 0.110. The molecular formula is C17H24O3S. The summed E-state index contributed by atoms with van der Waals surface area (Å²) in [7, 11) is 1.50. The monoisotopic (exact) mass is 308 g/mol. The third-order valence-corrected chi connectivity index (χ3v) is 4.94. The average Bonchev–Trinajstić information content (AvgIpc) is 2.54. The Morgan fingerprint density at radius 1 is 1.19 bits per heavy atom. The first-order chi connectivity index (χ1) is 10.2. The maximum Gasteiger partial charge on any atom is 0.153 e. The van der Waals surface area contributed by atoms with E-state index in [9.17, 15) is 9.59 Å². The smallest absolute Gasteiger partial charge is 0.153 e. The van der Waals surface area contributed by atoms with Crippen molar-refractivity contribution in [3.05, 3.63) is 23.3 Å². The predicted octanol–water partition coefficient (Wildman–Crippen LogP) is 4.63. The molecule has 0 radical (unpaired) electrons. The molecule has 0 aliphatic heterocycles. The van der Waals surface area contributed by atoms with Crippen LogP contribution in [0.1, 0.15) is 60.2 Å². The fourth-order valence-corrected chi connectivity index (χ4v) is 3.48. The van der Waals surface area contributed by atoms with E-state index in [-0.39, 0.29) is 0 Å². The Balaban J connectivity index is 2.86. The van der Waals surface area contributed by atoms with Gasteiger partial charge >= 0.3 is 0 Å². The Hall–Kier alpha value is -1.29. The predicted molar refractivity (Wildman–Crippen MR) is 87.8 cm³/mol. The van der Waals surface area contributed by atoms with Gasteiger partial charge in [-0.1, -0.05) is 33.1 Å². The molecule has 0 heterocycles. The van der Waals surface area contributed by atoms with E-state index in [1.54, 1.807) is 23.9 Å². The van der Waals surface area contributed by atoms with Gasteiger partial charge in [-0.05, 0) is 24.5 Å². The third kappa shape index (κ3) is 5.20. The summed E-state index contributed by atoms with van der Waals surface area (Å²) in [6, 6.07) is 3.40. The number of hydrogen-bond donors (Lipinski definition) is 0. The van der Waals surface area contributed by atoms with Crippen molar-refractivity contribution >= 4 is 24.3 Å². The van der Waals surface area contributed by atoms with Crippen molar-refractivity contribution in [3.63, 3.8) is 0 Å². The highest BCUT2D eigenvalue weighted by atomic mass is 32.2. The Bertz CT molecular complexity index is 471. The second-order valence-electron chi connectivity index (χ2n) is 5.10. The highest BCUT2D eigenvalue weighted by molar-refractivity contribution is 7.99. The zero-order valence-electron chi connectivity index (χ0n) is 13.1. The molecule has 1 atom stereocenters. The van der Waals surface area contributed by atoms with Crippen LogP contribution in [0.5, 0.6) is 5.75 Å². The van der Waals surface area contributed by atoms with Gasteiger partial charge in [0.15, 0.2) is 12.6 Å². The number of carbonyl (C=O) groups is 2. The number of carbonyl (C=O) groups excluding carboxylic acids is 2. The van der Waals surface area contributed by atoms with Crippen LogP contribution in [-0.2, 0) is 0 Å². The van der Waals surface area contributed by atoms with Gasteiger partial charge in [0, 0.05) is 16.2 Å². The number of rotatable bonds is 10. The van der Waals surface area contributed by atoms with Gasteiger partial charge in [-0.15, -0.1) is 11.8 Å². The molecule has 116 valence electrons. The van der Waals surface area contributed by atoms with Crippen LogP contribution in [0.3, 0.4) is 0 Å². The maximum absolute atomic E-state index is 11.2. The molecule has 21 heavy (non-hydrogen) atoms. The van der Waals surface area contributed by atoms with Gasteiger partial charge in [0.05, 0.1) is 12.7 Å². The number of ether oxygens (including phenoxy) is 1. The van der Waals surface area contributed by atoms with E-state index in [0.717, 1.165) is 29.6 Å². The minimum atomic E-state index is 0.453. The first kappa shape index (κ1) is 17.8. The van der Waals surface area contributed by atoms with Crippen molar-refractivity contribution in [2.24, 2.45) is 5.92 Å². The van der Waals surface area contributed by atoms with Crippen molar-refractivity contribution in [1.29, 1.82) is 0 Å². The second kappa shape index (κ2) is 9.61. The van der Waals surface area contributed by atoms with E-state index in [1.807, 2.05) is 0 Å². The maximum atomic E-state index is 11.2. The van der Waals surface area contributed by atoms with E-state index in [1.165, 1.54) is 26.4 Å². The molecule has 1 unspecified atom stereocenters. The Morgan fingerprint density at radius 2 is 1.90 bits per heavy atom. The molecule has 0 spiro atoms. The van der Waals surface area contributed by atoms with Crippen LogP contribution in [0.25, 0.3) is 0 Å². The standard InChI is InChI=1S/C17H24O3S/c1-4-6-7-13(5-2)12-21-17-9-14(10-18)16(20-3)8-15(17)11-19/h8-11,13H,4-7,12H2,1-3H3. The van der Waals surface area contributed by atoms with Crippen LogP contribution >= 0.6 is 11.8 Å². The largest absolute Gasteiger partial charge is 0.496 e. The van der Waals surface area contributed by atoms with E-state index in [4.69, 9.17) is 4.74 Å². The molecule has 0 amide bonds. The highest BCUT2D eigenvalue weighted by Crippen LogP contribution is 2.31. The molecule has 0 fully saturated rings. The molecule has 0 N–H and O–H groups in total. The molecule has 0 aliphatic carbocycles. The van der Waals surface area contributed by atoms with Gasteiger partial charge in [-0.3, -0.25) is 9.59 Å². The van der Waals surface area contributed by atoms with Crippen LogP contribution in [0.2, 0.25) is 0 Å². The van der Waals surface area contributed by atoms with Crippen molar-refractivity contribution in [2.75, 3.05) is 12.9 Å². The molecular weight excluding hydrogens is 284 g/mol. The van der Waals surface area contributed by atoms with E-state index in [2.05, 4.69) is 13.8 Å². The van der Waals surface area contributed by atoms with Gasteiger partial charge in [-0.25, -0.2) is 0 Å². The Morgan fingerprint density at radius 3 is 2.43 bits per heavy atom. The Kier molecular flexibility index (Phi) is 8.13. The molecule has 0 bridgehead atoms. The van der Waals surface area contributed by atoms with Gasteiger partial charge in [-0.2, -0.15) is 0 Å². The summed E-state index contributed by atoms with van der Waals surface area (Å²) in [6.45, 7) is 4.40. The summed E-state index contributed by atoms with van der Waals surface area (Å²) < 4.78 is 5.13. The zero-order chi connectivity index (χ0) is 15.7. The van der Waals surface area contributed by atoms with Crippen LogP contribution in [0.15, 0.2) is 17.0 Å². The fraction of sp³-hybridized carbons (Fsp3) is 0.529. The molecule has 1 aromatic carbocycles.